The van der Waals surface area contributed by atoms with E-state index in [1.807, 2.05) is 6.92 Å². The Morgan fingerprint density at radius 1 is 1.05 bits per heavy atom. The SMILES string of the molecule is CCc1cc(F)ccc1[C@H](c1ccc(F)cc1C)C1CC(NS(=N)(=O)c2ccc(OC(F)(F)F)cc2)CCO1. The molecule has 5 nitrogen and oxygen atoms in total. The van der Waals surface area contributed by atoms with Crippen molar-refractivity contribution >= 4 is 9.92 Å². The summed E-state index contributed by atoms with van der Waals surface area (Å²) in [5.74, 6) is -1.60. The molecule has 3 aromatic rings. The highest BCUT2D eigenvalue weighted by atomic mass is 32.2. The zero-order valence-electron chi connectivity index (χ0n) is 21.4. The Labute approximate surface area is 224 Å². The maximum absolute atomic E-state index is 14.1. The Morgan fingerprint density at radius 2 is 1.69 bits per heavy atom. The standard InChI is InChI=1S/C28H29F5N2O3S/c1-3-18-15-20(30)5-11-25(18)27(24-10-4-19(29)14-17(24)2)26-16-21(12-13-37-26)35-39(34,36)23-8-6-22(7-9-23)38-28(31,32)33/h4-11,14-15,21,26-27H,3,12-13,16H2,1-2H3,(H2,34,35,36)/t21?,26?,27-,39?/m0/s1. The fraction of sp³-hybridized carbons (Fsp3) is 0.357. The van der Waals surface area contributed by atoms with E-state index in [0.29, 0.717) is 24.8 Å². The predicted octanol–water partition coefficient (Wildman–Crippen LogP) is 7.02. The van der Waals surface area contributed by atoms with Crippen LogP contribution in [0.15, 0.2) is 65.6 Å². The molecule has 0 spiro atoms. The van der Waals surface area contributed by atoms with E-state index in [1.54, 1.807) is 19.1 Å². The molecule has 1 saturated heterocycles. The second-order valence-electron chi connectivity index (χ2n) is 9.50. The molecule has 1 aliphatic heterocycles. The van der Waals surface area contributed by atoms with E-state index in [-0.39, 0.29) is 29.1 Å². The molecule has 1 aliphatic rings. The number of ether oxygens (including phenoxy) is 2. The summed E-state index contributed by atoms with van der Waals surface area (Å²) in [6.45, 7) is 4.00. The molecule has 4 rings (SSSR count). The van der Waals surface area contributed by atoms with Gasteiger partial charge in [-0.1, -0.05) is 19.1 Å². The predicted molar refractivity (Wildman–Crippen MR) is 137 cm³/mol. The average molecular weight is 569 g/mol. The summed E-state index contributed by atoms with van der Waals surface area (Å²) < 4.78 is 100. The second kappa shape index (κ2) is 11.6. The molecule has 4 atom stereocenters. The minimum Gasteiger partial charge on any atom is -0.406 e. The summed E-state index contributed by atoms with van der Waals surface area (Å²) in [5.41, 5.74) is 3.14. The number of aryl methyl sites for hydroxylation is 2. The van der Waals surface area contributed by atoms with Crippen LogP contribution < -0.4 is 9.46 Å². The van der Waals surface area contributed by atoms with Crippen molar-refractivity contribution in [2.75, 3.05) is 6.61 Å². The van der Waals surface area contributed by atoms with Crippen LogP contribution in [-0.2, 0) is 21.1 Å². The van der Waals surface area contributed by atoms with Gasteiger partial charge in [0.2, 0.25) is 0 Å². The maximum Gasteiger partial charge on any atom is 0.573 e. The van der Waals surface area contributed by atoms with Crippen molar-refractivity contribution in [1.29, 1.82) is 4.78 Å². The van der Waals surface area contributed by atoms with Gasteiger partial charge in [0.15, 0.2) is 0 Å². The van der Waals surface area contributed by atoms with Crippen LogP contribution in [0.5, 0.6) is 5.75 Å². The van der Waals surface area contributed by atoms with Crippen molar-refractivity contribution in [2.45, 2.75) is 62.4 Å². The second-order valence-corrected chi connectivity index (χ2v) is 11.3. The Balaban J connectivity index is 1.61. The summed E-state index contributed by atoms with van der Waals surface area (Å²) >= 11 is 0. The first-order valence-corrected chi connectivity index (χ1v) is 14.0. The summed E-state index contributed by atoms with van der Waals surface area (Å²) in [6.07, 6.45) is -3.98. The van der Waals surface area contributed by atoms with E-state index in [2.05, 4.69) is 9.46 Å². The van der Waals surface area contributed by atoms with Crippen LogP contribution in [0.1, 0.15) is 47.9 Å². The van der Waals surface area contributed by atoms with Crippen LogP contribution in [0.4, 0.5) is 22.0 Å². The summed E-state index contributed by atoms with van der Waals surface area (Å²) in [4.78, 5) is 0.0119. The number of alkyl halides is 3. The van der Waals surface area contributed by atoms with Gasteiger partial charge in [0.25, 0.3) is 0 Å². The number of hydrogen-bond donors (Lipinski definition) is 2. The molecular weight excluding hydrogens is 539 g/mol. The lowest BCUT2D eigenvalue weighted by Gasteiger charge is -2.37. The molecule has 1 heterocycles. The number of hydrogen-bond acceptors (Lipinski definition) is 4. The molecule has 1 fully saturated rings. The van der Waals surface area contributed by atoms with Gasteiger partial charge in [-0.05, 0) is 97.0 Å². The lowest BCUT2D eigenvalue weighted by Crippen LogP contribution is -2.43. The van der Waals surface area contributed by atoms with Gasteiger partial charge in [-0.3, -0.25) is 0 Å². The molecule has 39 heavy (non-hydrogen) atoms. The highest BCUT2D eigenvalue weighted by Gasteiger charge is 2.35. The van der Waals surface area contributed by atoms with E-state index in [9.17, 15) is 26.2 Å². The lowest BCUT2D eigenvalue weighted by atomic mass is 9.79. The van der Waals surface area contributed by atoms with Crippen molar-refractivity contribution < 1.29 is 35.6 Å². The van der Waals surface area contributed by atoms with Crippen LogP contribution in [0.2, 0.25) is 0 Å². The van der Waals surface area contributed by atoms with Gasteiger partial charge in [-0.25, -0.2) is 22.5 Å². The molecule has 3 unspecified atom stereocenters. The van der Waals surface area contributed by atoms with Gasteiger partial charge >= 0.3 is 6.36 Å². The molecule has 0 radical (unpaired) electrons. The molecule has 0 amide bonds. The zero-order chi connectivity index (χ0) is 28.4. The first-order chi connectivity index (χ1) is 18.4. The Morgan fingerprint density at radius 3 is 2.31 bits per heavy atom. The van der Waals surface area contributed by atoms with E-state index in [1.165, 1.54) is 24.3 Å². The number of halogens is 5. The van der Waals surface area contributed by atoms with Crippen LogP contribution in [0.25, 0.3) is 0 Å². The van der Waals surface area contributed by atoms with Gasteiger partial charge in [-0.2, -0.15) is 0 Å². The van der Waals surface area contributed by atoms with Gasteiger partial charge in [0, 0.05) is 18.6 Å². The van der Waals surface area contributed by atoms with Crippen molar-refractivity contribution in [1.82, 2.24) is 4.72 Å². The summed E-state index contributed by atoms with van der Waals surface area (Å²) in [7, 11) is -3.57. The number of nitrogens with one attached hydrogen (secondary N) is 2. The molecule has 0 aromatic heterocycles. The van der Waals surface area contributed by atoms with Crippen molar-refractivity contribution in [2.24, 2.45) is 0 Å². The van der Waals surface area contributed by atoms with Crippen LogP contribution >= 0.6 is 0 Å². The summed E-state index contributed by atoms with van der Waals surface area (Å²) in [6, 6.07) is 13.0. The molecule has 0 saturated carbocycles. The first-order valence-electron chi connectivity index (χ1n) is 12.4. The van der Waals surface area contributed by atoms with E-state index in [0.717, 1.165) is 41.0 Å². The molecule has 2 N–H and O–H groups in total. The number of benzene rings is 3. The van der Waals surface area contributed by atoms with Crippen LogP contribution in [0, 0.1) is 23.3 Å². The third kappa shape index (κ3) is 7.14. The van der Waals surface area contributed by atoms with Gasteiger partial charge in [0.05, 0.1) is 11.0 Å². The van der Waals surface area contributed by atoms with Crippen LogP contribution in [-0.4, -0.2) is 29.3 Å². The van der Waals surface area contributed by atoms with Crippen molar-refractivity contribution in [3.8, 4) is 5.75 Å². The monoisotopic (exact) mass is 568 g/mol. The highest BCUT2D eigenvalue weighted by Crippen LogP contribution is 2.38. The Hall–Kier alpha value is -3.02. The molecule has 11 heteroatoms. The van der Waals surface area contributed by atoms with Crippen molar-refractivity contribution in [3.63, 3.8) is 0 Å². The maximum atomic E-state index is 14.1. The third-order valence-corrected chi connectivity index (χ3v) is 8.40. The van der Waals surface area contributed by atoms with Crippen LogP contribution in [0.3, 0.4) is 0 Å². The largest absolute Gasteiger partial charge is 0.573 e. The van der Waals surface area contributed by atoms with E-state index < -0.39 is 34.2 Å². The fourth-order valence-electron chi connectivity index (χ4n) is 5.04. The Kier molecular flexibility index (Phi) is 8.63. The molecular formula is C28H29F5N2O3S. The van der Waals surface area contributed by atoms with E-state index in [4.69, 9.17) is 9.52 Å². The average Bonchev–Trinajstić information content (AvgIpc) is 2.85. The van der Waals surface area contributed by atoms with Gasteiger partial charge in [-0.15, -0.1) is 13.2 Å². The zero-order valence-corrected chi connectivity index (χ0v) is 22.2. The molecule has 210 valence electrons. The normalized spacial score (nSPS) is 20.3. The highest BCUT2D eigenvalue weighted by molar-refractivity contribution is 7.90. The fourth-order valence-corrected chi connectivity index (χ4v) is 6.38. The topological polar surface area (TPSA) is 71.4 Å². The molecule has 0 aliphatic carbocycles. The minimum absolute atomic E-state index is 0.0119. The number of rotatable bonds is 8. The lowest BCUT2D eigenvalue weighted by molar-refractivity contribution is -0.274. The molecule has 3 aromatic carbocycles. The smallest absolute Gasteiger partial charge is 0.406 e. The minimum atomic E-state index is -4.86. The van der Waals surface area contributed by atoms with Gasteiger partial charge in [0.1, 0.15) is 27.3 Å². The quantitative estimate of drug-likeness (QED) is 0.287. The Bertz CT molecular complexity index is 1410. The molecule has 0 bridgehead atoms. The van der Waals surface area contributed by atoms with Crippen molar-refractivity contribution in [3.05, 3.63) is 94.6 Å². The van der Waals surface area contributed by atoms with Gasteiger partial charge < -0.3 is 9.47 Å². The summed E-state index contributed by atoms with van der Waals surface area (Å²) in [5, 5.41) is 0. The first kappa shape index (κ1) is 29.0. The van der Waals surface area contributed by atoms with E-state index >= 15 is 0 Å². The third-order valence-electron chi connectivity index (χ3n) is 6.80.